The van der Waals surface area contributed by atoms with E-state index in [0.717, 1.165) is 6.42 Å². The number of amides is 2. The normalized spacial score (nSPS) is 13.0. The largest absolute Gasteiger partial charge is 0.490 e. The van der Waals surface area contributed by atoms with E-state index in [2.05, 4.69) is 10.6 Å². The Morgan fingerprint density at radius 2 is 1.50 bits per heavy atom. The van der Waals surface area contributed by atoms with Gasteiger partial charge in [0.1, 0.15) is 0 Å². The Bertz CT molecular complexity index is 842. The molecule has 0 saturated heterocycles. The van der Waals surface area contributed by atoms with Gasteiger partial charge in [0.05, 0.1) is 26.3 Å². The molecular formula is C20H22ClN3O4. The van der Waals surface area contributed by atoms with Crippen molar-refractivity contribution in [1.29, 1.82) is 0 Å². The van der Waals surface area contributed by atoms with E-state index in [9.17, 15) is 9.59 Å². The average Bonchev–Trinajstić information content (AvgIpc) is 2.88. The van der Waals surface area contributed by atoms with Crippen molar-refractivity contribution >= 4 is 34.8 Å². The highest BCUT2D eigenvalue weighted by atomic mass is 35.5. The van der Waals surface area contributed by atoms with Crippen molar-refractivity contribution in [2.45, 2.75) is 6.42 Å². The van der Waals surface area contributed by atoms with Gasteiger partial charge in [-0.1, -0.05) is 11.6 Å². The first-order chi connectivity index (χ1) is 13.5. The van der Waals surface area contributed by atoms with E-state index in [-0.39, 0.29) is 24.9 Å². The fraction of sp³-hybridized carbons (Fsp3) is 0.300. The number of hydrogen-bond acceptors (Lipinski definition) is 5. The molecule has 0 atom stereocenters. The quantitative estimate of drug-likeness (QED) is 0.775. The van der Waals surface area contributed by atoms with Crippen LogP contribution in [0.4, 0.5) is 11.4 Å². The molecule has 0 bridgehead atoms. The summed E-state index contributed by atoms with van der Waals surface area (Å²) in [5.41, 5.74) is 1.27. The highest BCUT2D eigenvalue weighted by Crippen LogP contribution is 2.32. The second-order valence-corrected chi connectivity index (χ2v) is 6.92. The van der Waals surface area contributed by atoms with Crippen LogP contribution in [0.25, 0.3) is 0 Å². The molecule has 148 valence electrons. The average molecular weight is 404 g/mol. The molecule has 0 unspecified atom stereocenters. The summed E-state index contributed by atoms with van der Waals surface area (Å²) in [5, 5.41) is 6.17. The molecule has 1 aliphatic rings. The molecule has 3 rings (SSSR count). The number of benzene rings is 2. The topological polar surface area (TPSA) is 79.9 Å². The number of fused-ring (bicyclic) bond motifs is 1. The van der Waals surface area contributed by atoms with Crippen LogP contribution < -0.4 is 20.1 Å². The van der Waals surface area contributed by atoms with Gasteiger partial charge in [-0.15, -0.1) is 0 Å². The highest BCUT2D eigenvalue weighted by molar-refractivity contribution is 6.30. The second-order valence-electron chi connectivity index (χ2n) is 6.49. The van der Waals surface area contributed by atoms with Crippen molar-refractivity contribution in [2.75, 3.05) is 44.0 Å². The van der Waals surface area contributed by atoms with Crippen molar-refractivity contribution in [1.82, 2.24) is 4.90 Å². The summed E-state index contributed by atoms with van der Waals surface area (Å²) < 4.78 is 11.2. The first kappa shape index (κ1) is 20.0. The van der Waals surface area contributed by atoms with E-state index in [0.29, 0.717) is 41.1 Å². The summed E-state index contributed by atoms with van der Waals surface area (Å²) in [6.07, 6.45) is 0.819. The minimum Gasteiger partial charge on any atom is -0.490 e. The highest BCUT2D eigenvalue weighted by Gasteiger charge is 2.14. The number of nitrogens with zero attached hydrogens (tertiary/aromatic N) is 1. The van der Waals surface area contributed by atoms with Gasteiger partial charge in [-0.05, 0) is 43.4 Å². The Hall–Kier alpha value is -2.77. The third-order valence-corrected chi connectivity index (χ3v) is 4.24. The van der Waals surface area contributed by atoms with Gasteiger partial charge >= 0.3 is 0 Å². The predicted molar refractivity (Wildman–Crippen MR) is 108 cm³/mol. The molecule has 1 heterocycles. The first-order valence-corrected chi connectivity index (χ1v) is 9.31. The number of rotatable bonds is 6. The fourth-order valence-electron chi connectivity index (χ4n) is 2.72. The van der Waals surface area contributed by atoms with Gasteiger partial charge < -0.3 is 20.1 Å². The summed E-state index contributed by atoms with van der Waals surface area (Å²) in [6, 6.07) is 12.1. The number of hydrogen-bond donors (Lipinski definition) is 2. The molecule has 28 heavy (non-hydrogen) atoms. The molecule has 2 aromatic carbocycles. The summed E-state index contributed by atoms with van der Waals surface area (Å²) in [5.74, 6) is 0.849. The SMILES string of the molecule is CN(CC(=O)Nc1ccc(Cl)cc1)CC(=O)Nc1ccc2c(c1)OCCCO2. The lowest BCUT2D eigenvalue weighted by Gasteiger charge is -2.16. The number of likely N-dealkylation sites (N-methyl/N-ethyl adjacent to an activating group) is 1. The number of nitrogens with one attached hydrogen (secondary N) is 2. The molecule has 0 aliphatic carbocycles. The lowest BCUT2D eigenvalue weighted by atomic mass is 10.2. The smallest absolute Gasteiger partial charge is 0.238 e. The zero-order chi connectivity index (χ0) is 19.9. The van der Waals surface area contributed by atoms with Crippen LogP contribution in [0.1, 0.15) is 6.42 Å². The van der Waals surface area contributed by atoms with Crippen LogP contribution in [0.5, 0.6) is 11.5 Å². The summed E-state index contributed by atoms with van der Waals surface area (Å²) in [4.78, 5) is 26.0. The van der Waals surface area contributed by atoms with Crippen LogP contribution in [-0.2, 0) is 9.59 Å². The van der Waals surface area contributed by atoms with E-state index < -0.39 is 0 Å². The van der Waals surface area contributed by atoms with Crippen molar-refractivity contribution in [3.63, 3.8) is 0 Å². The Morgan fingerprint density at radius 1 is 0.929 bits per heavy atom. The first-order valence-electron chi connectivity index (χ1n) is 8.93. The maximum Gasteiger partial charge on any atom is 0.238 e. The molecular weight excluding hydrogens is 382 g/mol. The van der Waals surface area contributed by atoms with Crippen LogP contribution in [0.3, 0.4) is 0 Å². The number of carbonyl (C=O) groups excluding carboxylic acids is 2. The van der Waals surface area contributed by atoms with Crippen LogP contribution >= 0.6 is 11.6 Å². The Kier molecular flexibility index (Phi) is 6.73. The van der Waals surface area contributed by atoms with Crippen molar-refractivity contribution in [2.24, 2.45) is 0 Å². The molecule has 0 aromatic heterocycles. The third kappa shape index (κ3) is 5.87. The van der Waals surface area contributed by atoms with E-state index >= 15 is 0 Å². The third-order valence-electron chi connectivity index (χ3n) is 3.99. The minimum atomic E-state index is -0.226. The molecule has 2 N–H and O–H groups in total. The van der Waals surface area contributed by atoms with Gasteiger partial charge in [-0.25, -0.2) is 0 Å². The second kappa shape index (κ2) is 9.43. The van der Waals surface area contributed by atoms with Gasteiger partial charge in [0.15, 0.2) is 11.5 Å². The monoisotopic (exact) mass is 403 g/mol. The standard InChI is InChI=1S/C20H22ClN3O4/c1-24(12-19(25)22-15-5-3-14(21)4-6-15)13-20(26)23-16-7-8-17-18(11-16)28-10-2-9-27-17/h3-8,11H,2,9-10,12-13H2,1H3,(H,22,25)(H,23,26). The van der Waals surface area contributed by atoms with Crippen molar-refractivity contribution < 1.29 is 19.1 Å². The molecule has 0 spiro atoms. The number of ether oxygens (including phenoxy) is 2. The molecule has 2 amide bonds. The Morgan fingerprint density at radius 3 is 2.18 bits per heavy atom. The van der Waals surface area contributed by atoms with Gasteiger partial charge in [0.2, 0.25) is 11.8 Å². The van der Waals surface area contributed by atoms with E-state index in [4.69, 9.17) is 21.1 Å². The maximum atomic E-state index is 12.3. The molecule has 0 fully saturated rings. The lowest BCUT2D eigenvalue weighted by molar-refractivity contribution is -0.119. The Balaban J connectivity index is 1.48. The molecule has 8 heteroatoms. The van der Waals surface area contributed by atoms with E-state index in [1.807, 2.05) is 0 Å². The van der Waals surface area contributed by atoms with Gasteiger partial charge in [0, 0.05) is 28.9 Å². The fourth-order valence-corrected chi connectivity index (χ4v) is 2.85. The van der Waals surface area contributed by atoms with E-state index in [1.165, 1.54) is 0 Å². The van der Waals surface area contributed by atoms with Crippen LogP contribution in [-0.4, -0.2) is 50.1 Å². The summed E-state index contributed by atoms with van der Waals surface area (Å²) in [7, 11) is 1.70. The Labute approximate surface area is 168 Å². The maximum absolute atomic E-state index is 12.3. The molecule has 0 saturated carbocycles. The van der Waals surface area contributed by atoms with Gasteiger partial charge in [-0.3, -0.25) is 14.5 Å². The molecule has 2 aromatic rings. The summed E-state index contributed by atoms with van der Waals surface area (Å²) in [6.45, 7) is 1.34. The zero-order valence-corrected chi connectivity index (χ0v) is 16.3. The zero-order valence-electron chi connectivity index (χ0n) is 15.5. The van der Waals surface area contributed by atoms with Crippen LogP contribution in [0.2, 0.25) is 5.02 Å². The predicted octanol–water partition coefficient (Wildman–Crippen LogP) is 3.01. The van der Waals surface area contributed by atoms with Crippen LogP contribution in [0, 0.1) is 0 Å². The number of anilines is 2. The minimum absolute atomic E-state index is 0.0719. The van der Waals surface area contributed by atoms with Crippen LogP contribution in [0.15, 0.2) is 42.5 Å². The van der Waals surface area contributed by atoms with Gasteiger partial charge in [-0.2, -0.15) is 0 Å². The molecule has 1 aliphatic heterocycles. The molecule has 7 nitrogen and oxygen atoms in total. The lowest BCUT2D eigenvalue weighted by Crippen LogP contribution is -2.36. The number of halogens is 1. The van der Waals surface area contributed by atoms with Crippen molar-refractivity contribution in [3.8, 4) is 11.5 Å². The summed E-state index contributed by atoms with van der Waals surface area (Å²) >= 11 is 5.82. The number of carbonyl (C=O) groups is 2. The van der Waals surface area contributed by atoms with Gasteiger partial charge in [0.25, 0.3) is 0 Å². The van der Waals surface area contributed by atoms with E-state index in [1.54, 1.807) is 54.4 Å². The molecule has 0 radical (unpaired) electrons. The van der Waals surface area contributed by atoms with Crippen molar-refractivity contribution in [3.05, 3.63) is 47.5 Å².